The van der Waals surface area contributed by atoms with Crippen LogP contribution in [-0.4, -0.2) is 92.5 Å². The molecule has 2 amide bonds. The molecule has 12 nitrogen and oxygen atoms in total. The van der Waals surface area contributed by atoms with Crippen LogP contribution in [0.25, 0.3) is 11.0 Å². The second-order valence-corrected chi connectivity index (χ2v) is 11.5. The van der Waals surface area contributed by atoms with E-state index >= 15 is 0 Å². The van der Waals surface area contributed by atoms with Gasteiger partial charge in [-0.1, -0.05) is 30.3 Å². The number of rotatable bonds is 12. The molecular weight excluding hydrogens is 620 g/mol. The van der Waals surface area contributed by atoms with Crippen molar-refractivity contribution in [2.45, 2.75) is 30.6 Å². The molecule has 0 spiro atoms. The third-order valence-electron chi connectivity index (χ3n) is 8.78. The number of aldehydes is 1. The van der Waals surface area contributed by atoms with Crippen LogP contribution in [0.3, 0.4) is 0 Å². The minimum Gasteiger partial charge on any atom is -0.496 e. The van der Waals surface area contributed by atoms with Crippen molar-refractivity contribution in [1.29, 1.82) is 0 Å². The van der Waals surface area contributed by atoms with Gasteiger partial charge in [-0.05, 0) is 48.4 Å². The van der Waals surface area contributed by atoms with Gasteiger partial charge in [-0.3, -0.25) is 14.4 Å². The number of nitrogens with zero attached hydrogens (tertiary/aromatic N) is 1. The summed E-state index contributed by atoms with van der Waals surface area (Å²) in [4.78, 5) is 41.4. The highest BCUT2D eigenvalue weighted by Crippen LogP contribution is 2.51. The Morgan fingerprint density at radius 3 is 2.46 bits per heavy atom. The number of ether oxygens (including phenoxy) is 4. The average Bonchev–Trinajstić information content (AvgIpc) is 3.74. The molecule has 0 unspecified atom stereocenters. The van der Waals surface area contributed by atoms with Gasteiger partial charge >= 0.3 is 0 Å². The number of carbonyl (C=O) groups excluding carboxylic acids is 3. The minimum absolute atomic E-state index is 0.0106. The van der Waals surface area contributed by atoms with E-state index in [1.165, 1.54) is 25.2 Å². The normalized spacial score (nSPS) is 19.4. The number of benzene rings is 3. The predicted octanol–water partition coefficient (Wildman–Crippen LogP) is 3.28. The molecule has 0 fully saturated rings. The standard InChI is InChI=1S/C36H36N2O10/c1-44-26-9-5-4-7-21(26)11-13-38(36(43)29-17-22-8-6-10-27(45-2)32(22)47-29)25-18-24(35(42)37-12-14-39)30-23-15-20(19-40)16-28(46-3)33(23)48-34(30)31(25)41/h4-10,15-19,25,30-31,34,39,41H,11-14H2,1-3H3,(H,37,42)/t25-,30+,31+,34+/m1/s1. The maximum absolute atomic E-state index is 14.5. The largest absolute Gasteiger partial charge is 0.496 e. The summed E-state index contributed by atoms with van der Waals surface area (Å²) >= 11 is 0. The fraction of sp³-hybridized carbons (Fsp3) is 0.306. The molecule has 0 bridgehead atoms. The number of carbonyl (C=O) groups is 3. The summed E-state index contributed by atoms with van der Waals surface area (Å²) in [6.07, 6.45) is 0.197. The van der Waals surface area contributed by atoms with Crippen LogP contribution in [0.2, 0.25) is 0 Å². The lowest BCUT2D eigenvalue weighted by Crippen LogP contribution is -2.56. The van der Waals surface area contributed by atoms with Gasteiger partial charge in [0, 0.05) is 35.2 Å². The number of para-hydroxylation sites is 2. The second kappa shape index (κ2) is 13.8. The van der Waals surface area contributed by atoms with E-state index in [0.29, 0.717) is 46.3 Å². The summed E-state index contributed by atoms with van der Waals surface area (Å²) in [5, 5.41) is 24.8. The van der Waals surface area contributed by atoms with E-state index < -0.39 is 36.0 Å². The predicted molar refractivity (Wildman–Crippen MR) is 174 cm³/mol. The quantitative estimate of drug-likeness (QED) is 0.193. The van der Waals surface area contributed by atoms with Crippen molar-refractivity contribution >= 4 is 29.1 Å². The topological polar surface area (TPSA) is 157 Å². The van der Waals surface area contributed by atoms with Gasteiger partial charge in [-0.2, -0.15) is 0 Å². The highest BCUT2D eigenvalue weighted by atomic mass is 16.5. The summed E-state index contributed by atoms with van der Waals surface area (Å²) in [5.74, 6) is -0.206. The minimum atomic E-state index is -1.33. The van der Waals surface area contributed by atoms with Gasteiger partial charge in [0.2, 0.25) is 5.91 Å². The van der Waals surface area contributed by atoms with Crippen molar-refractivity contribution in [3.05, 3.63) is 94.8 Å². The molecule has 1 aliphatic carbocycles. The molecule has 0 saturated heterocycles. The van der Waals surface area contributed by atoms with Gasteiger partial charge in [0.05, 0.1) is 39.9 Å². The molecule has 0 radical (unpaired) electrons. The molecule has 1 aromatic heterocycles. The van der Waals surface area contributed by atoms with Gasteiger partial charge < -0.3 is 43.8 Å². The summed E-state index contributed by atoms with van der Waals surface area (Å²) in [5.41, 5.74) is 2.21. The molecule has 6 rings (SSSR count). The van der Waals surface area contributed by atoms with Crippen LogP contribution < -0.4 is 24.3 Å². The number of methoxy groups -OCH3 is 3. The van der Waals surface area contributed by atoms with Gasteiger partial charge in [0.15, 0.2) is 28.6 Å². The lowest BCUT2D eigenvalue weighted by molar-refractivity contribution is -0.118. The van der Waals surface area contributed by atoms with Crippen LogP contribution >= 0.6 is 0 Å². The summed E-state index contributed by atoms with van der Waals surface area (Å²) < 4.78 is 28.9. The number of fused-ring (bicyclic) bond motifs is 4. The van der Waals surface area contributed by atoms with Crippen LogP contribution in [0.5, 0.6) is 23.0 Å². The van der Waals surface area contributed by atoms with Crippen molar-refractivity contribution in [2.24, 2.45) is 0 Å². The van der Waals surface area contributed by atoms with E-state index in [9.17, 15) is 24.6 Å². The monoisotopic (exact) mass is 656 g/mol. The number of aliphatic hydroxyl groups excluding tert-OH is 2. The number of hydrogen-bond acceptors (Lipinski definition) is 10. The van der Waals surface area contributed by atoms with Crippen LogP contribution in [0.4, 0.5) is 0 Å². The van der Waals surface area contributed by atoms with Crippen LogP contribution in [0.1, 0.15) is 38.0 Å². The van der Waals surface area contributed by atoms with Crippen LogP contribution in [0.15, 0.2) is 76.7 Å². The first-order chi connectivity index (χ1) is 23.3. The Labute approximate surface area is 276 Å². The van der Waals surface area contributed by atoms with E-state index in [0.717, 1.165) is 5.56 Å². The van der Waals surface area contributed by atoms with Crippen LogP contribution in [0, 0.1) is 0 Å². The third kappa shape index (κ3) is 5.84. The first kappa shape index (κ1) is 32.6. The third-order valence-corrected chi connectivity index (χ3v) is 8.78. The lowest BCUT2D eigenvalue weighted by atomic mass is 9.77. The maximum atomic E-state index is 14.5. The molecule has 4 aromatic rings. The zero-order chi connectivity index (χ0) is 33.9. The van der Waals surface area contributed by atoms with Crippen molar-refractivity contribution in [1.82, 2.24) is 10.2 Å². The zero-order valence-corrected chi connectivity index (χ0v) is 26.7. The molecule has 3 aromatic carbocycles. The molecule has 1 aliphatic heterocycles. The van der Waals surface area contributed by atoms with Gasteiger partial charge in [0.25, 0.3) is 5.91 Å². The summed E-state index contributed by atoms with van der Waals surface area (Å²) in [6, 6.07) is 16.4. The van der Waals surface area contributed by atoms with E-state index in [-0.39, 0.29) is 42.5 Å². The maximum Gasteiger partial charge on any atom is 0.290 e. The van der Waals surface area contributed by atoms with Gasteiger partial charge in [-0.15, -0.1) is 0 Å². The lowest BCUT2D eigenvalue weighted by Gasteiger charge is -2.40. The smallest absolute Gasteiger partial charge is 0.290 e. The number of amides is 2. The van der Waals surface area contributed by atoms with Crippen molar-refractivity contribution in [3.8, 4) is 23.0 Å². The van der Waals surface area contributed by atoms with Crippen molar-refractivity contribution in [3.63, 3.8) is 0 Å². The molecule has 2 aliphatic rings. The fourth-order valence-corrected chi connectivity index (χ4v) is 6.54. The molecule has 48 heavy (non-hydrogen) atoms. The summed E-state index contributed by atoms with van der Waals surface area (Å²) in [7, 11) is 4.50. The number of furan rings is 1. The van der Waals surface area contributed by atoms with E-state index in [1.54, 1.807) is 43.5 Å². The number of hydrogen-bond donors (Lipinski definition) is 3. The Balaban J connectivity index is 1.46. The first-order valence-electron chi connectivity index (χ1n) is 15.5. The molecule has 0 saturated carbocycles. The molecular formula is C36H36N2O10. The molecule has 4 atom stereocenters. The fourth-order valence-electron chi connectivity index (χ4n) is 6.54. The van der Waals surface area contributed by atoms with Crippen molar-refractivity contribution in [2.75, 3.05) is 41.0 Å². The highest BCUT2D eigenvalue weighted by molar-refractivity contribution is 5.99. The van der Waals surface area contributed by atoms with Crippen LogP contribution in [-0.2, 0) is 11.2 Å². The van der Waals surface area contributed by atoms with Gasteiger partial charge in [-0.25, -0.2) is 0 Å². The molecule has 250 valence electrons. The Bertz CT molecular complexity index is 1880. The first-order valence-corrected chi connectivity index (χ1v) is 15.5. The Kier molecular flexibility index (Phi) is 9.37. The SMILES string of the molecule is COc1ccccc1CCN(C(=O)c1cc2cccc(OC)c2o1)[C@@H]1C=C(C(=O)NCCO)[C@@H]2c3cc(C=O)cc(OC)c3O[C@@H]2[C@H]1O. The second-order valence-electron chi connectivity index (χ2n) is 11.5. The van der Waals surface area contributed by atoms with E-state index in [1.807, 2.05) is 24.3 Å². The number of aliphatic hydroxyl groups is 2. The Morgan fingerprint density at radius 2 is 1.73 bits per heavy atom. The Morgan fingerprint density at radius 1 is 0.979 bits per heavy atom. The summed E-state index contributed by atoms with van der Waals surface area (Å²) in [6.45, 7) is -0.224. The molecule has 2 heterocycles. The van der Waals surface area contributed by atoms with Crippen molar-refractivity contribution < 1.29 is 48.0 Å². The number of nitrogens with one attached hydrogen (secondary N) is 1. The van der Waals surface area contributed by atoms with E-state index in [4.69, 9.17) is 23.4 Å². The molecule has 3 N–H and O–H groups in total. The average molecular weight is 657 g/mol. The van der Waals surface area contributed by atoms with E-state index in [2.05, 4.69) is 5.32 Å². The Hall–Kier alpha value is -5.33. The van der Waals surface area contributed by atoms with Gasteiger partial charge in [0.1, 0.15) is 24.2 Å². The molecule has 12 heteroatoms. The zero-order valence-electron chi connectivity index (χ0n) is 26.7. The highest BCUT2D eigenvalue weighted by Gasteiger charge is 2.51.